The van der Waals surface area contributed by atoms with E-state index in [9.17, 15) is 19.2 Å². The molecule has 0 aliphatic carbocycles. The standard InChI is InChI=1S/C34H28N2O4/c1-34(2,24-10-4-20(5-11-24)16-22-8-14-26-28(18-22)31(38)35-30(26)37)25-12-6-21(7-13-25)17-23-9-15-27-29(19-23)33(40)36(3)32(27)39/h4-15,18-19H,16-17H2,1-3H3,(H,35,37,38). The van der Waals surface area contributed by atoms with Gasteiger partial charge >= 0.3 is 0 Å². The molecule has 4 aromatic carbocycles. The molecule has 0 bridgehead atoms. The lowest BCUT2D eigenvalue weighted by Crippen LogP contribution is -2.24. The Labute approximate surface area is 232 Å². The van der Waals surface area contributed by atoms with Crippen LogP contribution in [0.25, 0.3) is 0 Å². The molecule has 6 heteroatoms. The highest BCUT2D eigenvalue weighted by molar-refractivity contribution is 6.22. The van der Waals surface area contributed by atoms with E-state index in [0.717, 1.165) is 27.2 Å². The number of amides is 4. The number of imide groups is 2. The zero-order valence-corrected chi connectivity index (χ0v) is 22.6. The Kier molecular flexibility index (Phi) is 5.99. The first-order chi connectivity index (χ1) is 19.1. The quantitative estimate of drug-likeness (QED) is 0.344. The van der Waals surface area contributed by atoms with Crippen LogP contribution >= 0.6 is 0 Å². The van der Waals surface area contributed by atoms with E-state index in [4.69, 9.17) is 0 Å². The van der Waals surface area contributed by atoms with Gasteiger partial charge in [-0.1, -0.05) is 74.5 Å². The van der Waals surface area contributed by atoms with Crippen molar-refractivity contribution in [3.8, 4) is 0 Å². The van der Waals surface area contributed by atoms with Crippen LogP contribution in [0.4, 0.5) is 0 Å². The Balaban J connectivity index is 1.15. The van der Waals surface area contributed by atoms with Gasteiger partial charge in [-0.15, -0.1) is 0 Å². The molecule has 4 amide bonds. The van der Waals surface area contributed by atoms with Crippen molar-refractivity contribution in [1.82, 2.24) is 10.2 Å². The summed E-state index contributed by atoms with van der Waals surface area (Å²) in [5.41, 5.74) is 8.21. The molecule has 0 saturated carbocycles. The second-order valence-corrected chi connectivity index (χ2v) is 11.1. The van der Waals surface area contributed by atoms with Crippen molar-refractivity contribution >= 4 is 23.6 Å². The molecule has 0 unspecified atom stereocenters. The zero-order valence-electron chi connectivity index (χ0n) is 22.6. The number of carbonyl (C=O) groups excluding carboxylic acids is 4. The van der Waals surface area contributed by atoms with Gasteiger partial charge < -0.3 is 0 Å². The van der Waals surface area contributed by atoms with Crippen molar-refractivity contribution in [3.05, 3.63) is 141 Å². The second kappa shape index (κ2) is 9.42. The molecule has 2 aliphatic rings. The number of nitrogens with zero attached hydrogens (tertiary/aromatic N) is 1. The van der Waals surface area contributed by atoms with Crippen molar-refractivity contribution in [2.75, 3.05) is 7.05 Å². The van der Waals surface area contributed by atoms with Gasteiger partial charge in [-0.2, -0.15) is 0 Å². The van der Waals surface area contributed by atoms with Gasteiger partial charge in [0.05, 0.1) is 22.3 Å². The van der Waals surface area contributed by atoms with Crippen LogP contribution in [0.2, 0.25) is 0 Å². The number of hydrogen-bond acceptors (Lipinski definition) is 4. The first-order valence-corrected chi connectivity index (χ1v) is 13.2. The van der Waals surface area contributed by atoms with Crippen LogP contribution < -0.4 is 5.32 Å². The largest absolute Gasteiger partial charge is 0.288 e. The Morgan fingerprint density at radius 3 is 1.52 bits per heavy atom. The summed E-state index contributed by atoms with van der Waals surface area (Å²) < 4.78 is 0. The SMILES string of the molecule is CN1C(=O)c2ccc(Cc3ccc(C(C)(C)c4ccc(Cc5ccc6c(c5)C(=O)NC6=O)cc4)cc3)cc2C1=O. The summed E-state index contributed by atoms with van der Waals surface area (Å²) in [6.45, 7) is 4.40. The highest BCUT2D eigenvalue weighted by Gasteiger charge is 2.32. The van der Waals surface area contributed by atoms with E-state index in [0.29, 0.717) is 35.1 Å². The molecule has 0 fully saturated rings. The maximum absolute atomic E-state index is 12.4. The molecule has 6 nitrogen and oxygen atoms in total. The average Bonchev–Trinajstić information content (AvgIpc) is 3.35. The fraction of sp³-hybridized carbons (Fsp3) is 0.176. The number of hydrogen-bond donors (Lipinski definition) is 1. The summed E-state index contributed by atoms with van der Waals surface area (Å²) in [5.74, 6) is -1.17. The lowest BCUT2D eigenvalue weighted by atomic mass is 9.77. The van der Waals surface area contributed by atoms with Crippen LogP contribution in [0.15, 0.2) is 84.9 Å². The summed E-state index contributed by atoms with van der Waals surface area (Å²) in [5, 5.41) is 2.34. The van der Waals surface area contributed by atoms with Gasteiger partial charge in [-0.3, -0.25) is 29.4 Å². The topological polar surface area (TPSA) is 83.6 Å². The molecule has 0 aromatic heterocycles. The highest BCUT2D eigenvalue weighted by Crippen LogP contribution is 2.32. The molecular formula is C34H28N2O4. The maximum Gasteiger partial charge on any atom is 0.261 e. The van der Waals surface area contributed by atoms with Crippen LogP contribution in [0.1, 0.15) is 88.7 Å². The summed E-state index contributed by atoms with van der Waals surface area (Å²) in [4.78, 5) is 49.5. The number of fused-ring (bicyclic) bond motifs is 2. The van der Waals surface area contributed by atoms with Gasteiger partial charge in [0.1, 0.15) is 0 Å². The lowest BCUT2D eigenvalue weighted by molar-refractivity contribution is 0.0691. The smallest absolute Gasteiger partial charge is 0.261 e. The van der Waals surface area contributed by atoms with Crippen molar-refractivity contribution in [2.24, 2.45) is 0 Å². The van der Waals surface area contributed by atoms with Crippen LogP contribution in [-0.4, -0.2) is 35.6 Å². The fourth-order valence-corrected chi connectivity index (χ4v) is 5.56. The Morgan fingerprint density at radius 1 is 0.550 bits per heavy atom. The van der Waals surface area contributed by atoms with Gasteiger partial charge in [0.25, 0.3) is 23.6 Å². The molecule has 6 rings (SSSR count). The predicted molar refractivity (Wildman–Crippen MR) is 152 cm³/mol. The molecule has 2 heterocycles. The monoisotopic (exact) mass is 528 g/mol. The number of rotatable bonds is 6. The maximum atomic E-state index is 12.4. The van der Waals surface area contributed by atoms with E-state index >= 15 is 0 Å². The first-order valence-electron chi connectivity index (χ1n) is 13.2. The second-order valence-electron chi connectivity index (χ2n) is 11.1. The molecule has 1 N–H and O–H groups in total. The molecule has 0 spiro atoms. The number of nitrogens with one attached hydrogen (secondary N) is 1. The summed E-state index contributed by atoms with van der Waals surface area (Å²) in [6.07, 6.45) is 1.34. The van der Waals surface area contributed by atoms with E-state index < -0.39 is 0 Å². The van der Waals surface area contributed by atoms with Gasteiger partial charge in [0.15, 0.2) is 0 Å². The summed E-state index contributed by atoms with van der Waals surface area (Å²) >= 11 is 0. The van der Waals surface area contributed by atoms with Crippen LogP contribution in [0.5, 0.6) is 0 Å². The molecule has 198 valence electrons. The van der Waals surface area contributed by atoms with Crippen molar-refractivity contribution in [3.63, 3.8) is 0 Å². The van der Waals surface area contributed by atoms with Gasteiger partial charge in [0.2, 0.25) is 0 Å². The van der Waals surface area contributed by atoms with Gasteiger partial charge in [-0.25, -0.2) is 0 Å². The molecular weight excluding hydrogens is 500 g/mol. The molecule has 0 saturated heterocycles. The molecule has 2 aliphatic heterocycles. The van der Waals surface area contributed by atoms with E-state index in [-0.39, 0.29) is 29.0 Å². The van der Waals surface area contributed by atoms with Crippen molar-refractivity contribution in [1.29, 1.82) is 0 Å². The minimum absolute atomic E-state index is 0.214. The van der Waals surface area contributed by atoms with Crippen molar-refractivity contribution < 1.29 is 19.2 Å². The van der Waals surface area contributed by atoms with E-state index in [1.807, 2.05) is 18.2 Å². The van der Waals surface area contributed by atoms with Crippen LogP contribution in [-0.2, 0) is 18.3 Å². The van der Waals surface area contributed by atoms with E-state index in [1.165, 1.54) is 18.2 Å². The molecule has 0 radical (unpaired) electrons. The first kappa shape index (κ1) is 25.4. The normalized spacial score (nSPS) is 14.4. The fourth-order valence-electron chi connectivity index (χ4n) is 5.56. The molecule has 4 aromatic rings. The van der Waals surface area contributed by atoms with Crippen LogP contribution in [0, 0.1) is 0 Å². The zero-order chi connectivity index (χ0) is 28.2. The minimum Gasteiger partial charge on any atom is -0.288 e. The Morgan fingerprint density at radius 2 is 0.975 bits per heavy atom. The summed E-state index contributed by atoms with van der Waals surface area (Å²) in [6, 6.07) is 28.0. The third kappa shape index (κ3) is 4.31. The third-order valence-corrected chi connectivity index (χ3v) is 8.12. The van der Waals surface area contributed by atoms with Gasteiger partial charge in [0, 0.05) is 12.5 Å². The highest BCUT2D eigenvalue weighted by atomic mass is 16.2. The van der Waals surface area contributed by atoms with E-state index in [2.05, 4.69) is 67.7 Å². The third-order valence-electron chi connectivity index (χ3n) is 8.12. The van der Waals surface area contributed by atoms with Crippen LogP contribution in [0.3, 0.4) is 0 Å². The predicted octanol–water partition coefficient (Wildman–Crippen LogP) is 5.30. The minimum atomic E-state index is -0.336. The van der Waals surface area contributed by atoms with E-state index in [1.54, 1.807) is 18.2 Å². The Hall–Kier alpha value is -4.84. The molecule has 0 atom stereocenters. The van der Waals surface area contributed by atoms with Crippen molar-refractivity contribution in [2.45, 2.75) is 32.1 Å². The lowest BCUT2D eigenvalue weighted by Gasteiger charge is -2.26. The number of carbonyl (C=O) groups is 4. The van der Waals surface area contributed by atoms with Gasteiger partial charge in [-0.05, 0) is 70.5 Å². The molecule has 40 heavy (non-hydrogen) atoms. The number of benzene rings is 4. The summed E-state index contributed by atoms with van der Waals surface area (Å²) in [7, 11) is 1.51. The average molecular weight is 529 g/mol. The Bertz CT molecular complexity index is 1720.